The van der Waals surface area contributed by atoms with Crippen LogP contribution in [0.5, 0.6) is 23.0 Å². The minimum atomic E-state index is -0.180. The lowest BCUT2D eigenvalue weighted by Crippen LogP contribution is -3.07. The number of unbranched alkanes of at least 4 members (excludes halogenated alkanes) is 1. The fraction of sp³-hybridized carbons (Fsp3) is 0.318. The molecule has 0 radical (unpaired) electrons. The molecule has 0 spiro atoms. The number of nitrogens with one attached hydrogen (secondary N) is 1. The molecule has 0 amide bonds. The summed E-state index contributed by atoms with van der Waals surface area (Å²) in [5.41, 5.74) is 1.95. The van der Waals surface area contributed by atoms with Crippen molar-refractivity contribution in [3.63, 3.8) is 0 Å². The van der Waals surface area contributed by atoms with Crippen LogP contribution in [0.3, 0.4) is 0 Å². The number of Topliss-reactive ketones (excluding diaryl/α,β-unsaturated/α-hetero) is 1. The van der Waals surface area contributed by atoms with E-state index < -0.39 is 0 Å². The third-order valence-electron chi connectivity index (χ3n) is 5.05. The van der Waals surface area contributed by atoms with Gasteiger partial charge in [0.25, 0.3) is 0 Å². The van der Waals surface area contributed by atoms with Gasteiger partial charge in [0.15, 0.2) is 23.0 Å². The lowest BCUT2D eigenvalue weighted by atomic mass is 10.0. The smallest absolute Gasteiger partial charge is 0.231 e. The molecular formula is C22H24NO5+. The van der Waals surface area contributed by atoms with Crippen molar-refractivity contribution in [3.05, 3.63) is 52.8 Å². The Balaban J connectivity index is 1.61. The first kappa shape index (κ1) is 18.4. The number of carbonyl (C=O) groups excluding carboxylic acids is 1. The first-order chi connectivity index (χ1) is 13.6. The van der Waals surface area contributed by atoms with Crippen molar-refractivity contribution in [2.24, 2.45) is 0 Å². The molecule has 2 heterocycles. The van der Waals surface area contributed by atoms with E-state index in [9.17, 15) is 9.90 Å². The van der Waals surface area contributed by atoms with Crippen LogP contribution in [-0.2, 0) is 6.54 Å². The van der Waals surface area contributed by atoms with Gasteiger partial charge < -0.3 is 24.2 Å². The fourth-order valence-electron chi connectivity index (χ4n) is 3.49. The number of phenolic OH excluding ortho intramolecular Hbond substituents is 1. The van der Waals surface area contributed by atoms with Crippen LogP contribution in [0.2, 0.25) is 0 Å². The molecule has 6 heteroatoms. The van der Waals surface area contributed by atoms with Crippen molar-refractivity contribution in [2.45, 2.75) is 26.3 Å². The molecule has 4 rings (SSSR count). The van der Waals surface area contributed by atoms with E-state index in [0.29, 0.717) is 34.9 Å². The molecule has 0 bridgehead atoms. The topological polar surface area (TPSA) is 69.4 Å². The summed E-state index contributed by atoms with van der Waals surface area (Å²) >= 11 is 0. The van der Waals surface area contributed by atoms with Crippen molar-refractivity contribution in [1.82, 2.24) is 0 Å². The van der Waals surface area contributed by atoms with E-state index in [-0.39, 0.29) is 24.1 Å². The molecule has 0 aliphatic carbocycles. The molecule has 0 aromatic heterocycles. The summed E-state index contributed by atoms with van der Waals surface area (Å²) in [7, 11) is 2.08. The molecule has 28 heavy (non-hydrogen) atoms. The Labute approximate surface area is 163 Å². The molecule has 2 aliphatic rings. The number of ether oxygens (including phenoxy) is 3. The second kappa shape index (κ2) is 7.56. The molecular weight excluding hydrogens is 358 g/mol. The summed E-state index contributed by atoms with van der Waals surface area (Å²) in [6.45, 7) is 3.94. The zero-order valence-corrected chi connectivity index (χ0v) is 16.1. The highest BCUT2D eigenvalue weighted by Gasteiger charge is 2.32. The van der Waals surface area contributed by atoms with Gasteiger partial charge in [-0.25, -0.2) is 0 Å². The predicted octanol–water partition coefficient (Wildman–Crippen LogP) is 2.55. The molecule has 146 valence electrons. The summed E-state index contributed by atoms with van der Waals surface area (Å²) in [4.78, 5) is 14.1. The molecule has 1 unspecified atom stereocenters. The maximum absolute atomic E-state index is 12.8. The number of phenols is 1. The van der Waals surface area contributed by atoms with Crippen molar-refractivity contribution in [3.8, 4) is 23.0 Å². The molecule has 2 aromatic carbocycles. The third-order valence-corrected chi connectivity index (χ3v) is 5.05. The first-order valence-electron chi connectivity index (χ1n) is 9.57. The van der Waals surface area contributed by atoms with E-state index in [2.05, 4.69) is 14.0 Å². The summed E-state index contributed by atoms with van der Waals surface area (Å²) in [5.74, 6) is 2.03. The average molecular weight is 382 g/mol. The largest absolute Gasteiger partial charge is 0.507 e. The van der Waals surface area contributed by atoms with E-state index in [1.54, 1.807) is 18.2 Å². The molecule has 0 saturated heterocycles. The van der Waals surface area contributed by atoms with Crippen LogP contribution < -0.4 is 19.1 Å². The van der Waals surface area contributed by atoms with Gasteiger partial charge in [0, 0.05) is 0 Å². The number of ketones is 1. The summed E-state index contributed by atoms with van der Waals surface area (Å²) in [5, 5.41) is 10.4. The number of hydrogen-bond donors (Lipinski definition) is 2. The van der Waals surface area contributed by atoms with E-state index in [1.807, 2.05) is 18.2 Å². The van der Waals surface area contributed by atoms with Crippen molar-refractivity contribution < 1.29 is 29.0 Å². The second-order valence-corrected chi connectivity index (χ2v) is 7.23. The number of carbonyl (C=O) groups is 1. The van der Waals surface area contributed by atoms with Gasteiger partial charge in [0.05, 0.1) is 24.7 Å². The normalized spacial score (nSPS) is 16.9. The summed E-state index contributed by atoms with van der Waals surface area (Å²) < 4.78 is 16.6. The van der Waals surface area contributed by atoms with Gasteiger partial charge in [0.2, 0.25) is 12.6 Å². The van der Waals surface area contributed by atoms with E-state index >= 15 is 0 Å². The quantitative estimate of drug-likeness (QED) is 0.752. The Hall–Kier alpha value is -2.99. The minimum absolute atomic E-state index is 0.159. The van der Waals surface area contributed by atoms with Gasteiger partial charge in [0.1, 0.15) is 12.3 Å². The number of fused-ring (bicyclic) bond motifs is 2. The number of rotatable bonds is 6. The van der Waals surface area contributed by atoms with Gasteiger partial charge in [-0.05, 0) is 42.3 Å². The number of hydrogen-bond acceptors (Lipinski definition) is 5. The number of aromatic hydroxyl groups is 1. The summed E-state index contributed by atoms with van der Waals surface area (Å²) in [6, 6.07) is 8.67. The maximum atomic E-state index is 12.8. The fourth-order valence-corrected chi connectivity index (χ4v) is 3.49. The highest BCUT2D eigenvalue weighted by Crippen LogP contribution is 2.40. The van der Waals surface area contributed by atoms with Crippen LogP contribution in [0.15, 0.2) is 36.1 Å². The van der Waals surface area contributed by atoms with Crippen LogP contribution in [0.4, 0.5) is 0 Å². The van der Waals surface area contributed by atoms with Crippen molar-refractivity contribution in [1.29, 1.82) is 0 Å². The Bertz CT molecular complexity index is 950. The number of allylic oxidation sites excluding steroid dienone is 1. The van der Waals surface area contributed by atoms with E-state index in [1.165, 1.54) is 4.90 Å². The third kappa shape index (κ3) is 3.43. The lowest BCUT2D eigenvalue weighted by molar-refractivity contribution is -0.894. The van der Waals surface area contributed by atoms with Crippen LogP contribution in [0, 0.1) is 0 Å². The highest BCUT2D eigenvalue weighted by molar-refractivity contribution is 6.15. The molecule has 6 nitrogen and oxygen atoms in total. The molecule has 0 fully saturated rings. The Morgan fingerprint density at radius 3 is 2.82 bits per heavy atom. The van der Waals surface area contributed by atoms with Gasteiger partial charge in [-0.2, -0.15) is 0 Å². The maximum Gasteiger partial charge on any atom is 0.231 e. The van der Waals surface area contributed by atoms with Crippen LogP contribution >= 0.6 is 0 Å². The zero-order chi connectivity index (χ0) is 19.7. The monoisotopic (exact) mass is 382 g/mol. The van der Waals surface area contributed by atoms with Gasteiger partial charge in [-0.15, -0.1) is 0 Å². The van der Waals surface area contributed by atoms with Gasteiger partial charge in [-0.1, -0.05) is 19.4 Å². The lowest BCUT2D eigenvalue weighted by Gasteiger charge is -2.16. The van der Waals surface area contributed by atoms with Crippen LogP contribution in [0.25, 0.3) is 6.08 Å². The second-order valence-electron chi connectivity index (χ2n) is 7.23. The van der Waals surface area contributed by atoms with Gasteiger partial charge >= 0.3 is 0 Å². The zero-order valence-electron chi connectivity index (χ0n) is 16.1. The highest BCUT2D eigenvalue weighted by atomic mass is 16.7. The minimum Gasteiger partial charge on any atom is -0.507 e. The average Bonchev–Trinajstić information content (AvgIpc) is 3.27. The van der Waals surface area contributed by atoms with E-state index in [4.69, 9.17) is 14.2 Å². The Kier molecular flexibility index (Phi) is 4.96. The Morgan fingerprint density at radius 2 is 2.00 bits per heavy atom. The molecule has 0 saturated carbocycles. The van der Waals surface area contributed by atoms with E-state index in [0.717, 1.165) is 24.9 Å². The molecule has 2 N–H and O–H groups in total. The number of quaternary nitrogens is 1. The SMILES string of the molecule is CCCC[NH+](C)Cc1c(O)ccc2c1OC(=Cc1ccc3c(c1)OCO3)C2=O. The van der Waals surface area contributed by atoms with Gasteiger partial charge in [-0.3, -0.25) is 4.79 Å². The number of benzene rings is 2. The standard InChI is InChI=1S/C22H23NO5/c1-3-4-9-23(2)12-16-17(24)7-6-15-21(25)20(28-22(15)16)11-14-5-8-18-19(10-14)27-13-26-18/h5-8,10-11,24H,3-4,9,12-13H2,1-2H3/p+1. The molecule has 2 aliphatic heterocycles. The van der Waals surface area contributed by atoms with Crippen molar-refractivity contribution in [2.75, 3.05) is 20.4 Å². The van der Waals surface area contributed by atoms with Crippen molar-refractivity contribution >= 4 is 11.9 Å². The first-order valence-corrected chi connectivity index (χ1v) is 9.57. The van der Waals surface area contributed by atoms with Crippen LogP contribution in [-0.4, -0.2) is 31.3 Å². The Morgan fingerprint density at radius 1 is 1.18 bits per heavy atom. The predicted molar refractivity (Wildman–Crippen MR) is 104 cm³/mol. The summed E-state index contributed by atoms with van der Waals surface area (Å²) in [6.07, 6.45) is 3.92. The van der Waals surface area contributed by atoms with Crippen LogP contribution in [0.1, 0.15) is 41.3 Å². The molecule has 2 aromatic rings. The molecule has 1 atom stereocenters.